The van der Waals surface area contributed by atoms with Gasteiger partial charge in [-0.25, -0.2) is 4.98 Å². The van der Waals surface area contributed by atoms with E-state index in [2.05, 4.69) is 10.3 Å². The number of aromatic nitrogens is 1. The largest absolute Gasteiger partial charge is 0.495 e. The van der Waals surface area contributed by atoms with Crippen LogP contribution in [0.3, 0.4) is 0 Å². The Kier molecular flexibility index (Phi) is 3.75. The quantitative estimate of drug-likeness (QED) is 0.563. The molecule has 0 radical (unpaired) electrons. The van der Waals surface area contributed by atoms with Crippen molar-refractivity contribution in [2.45, 2.75) is 0 Å². The van der Waals surface area contributed by atoms with Crippen molar-refractivity contribution in [2.75, 3.05) is 12.4 Å². The first-order chi connectivity index (χ1) is 10.7. The summed E-state index contributed by atoms with van der Waals surface area (Å²) >= 11 is 1.37. The molecule has 0 aliphatic rings. The van der Waals surface area contributed by atoms with Gasteiger partial charge in [0.1, 0.15) is 16.4 Å². The second-order valence-corrected chi connectivity index (χ2v) is 5.12. The van der Waals surface area contributed by atoms with E-state index in [0.717, 1.165) is 5.69 Å². The third kappa shape index (κ3) is 2.77. The minimum absolute atomic E-state index is 0.303. The highest BCUT2D eigenvalue weighted by atomic mass is 32.1. The molecule has 8 heteroatoms. The lowest BCUT2D eigenvalue weighted by atomic mass is 10.3. The summed E-state index contributed by atoms with van der Waals surface area (Å²) in [6.07, 6.45) is 0. The van der Waals surface area contributed by atoms with Crippen LogP contribution in [-0.2, 0) is 0 Å². The number of anilines is 2. The van der Waals surface area contributed by atoms with Crippen molar-refractivity contribution < 1.29 is 14.1 Å². The standard InChI is InChI=1S/C14H11N3O4S/c1-20-11-5-3-2-4-9(11)15-14-16-10(8-22-14)12-6-7-13(21-12)17(18)19/h2-8H,1H3,(H,15,16). The number of nitrogens with one attached hydrogen (secondary N) is 1. The summed E-state index contributed by atoms with van der Waals surface area (Å²) in [4.78, 5) is 14.4. The number of thiazole rings is 1. The SMILES string of the molecule is COc1ccccc1Nc1nc(-c2ccc([N+](=O)[O-])o2)cs1. The van der Waals surface area contributed by atoms with Gasteiger partial charge in [-0.05, 0) is 18.2 Å². The molecule has 0 amide bonds. The molecule has 1 aromatic carbocycles. The number of furan rings is 1. The normalized spacial score (nSPS) is 10.4. The molecule has 7 nitrogen and oxygen atoms in total. The molecule has 3 rings (SSSR count). The van der Waals surface area contributed by atoms with Crippen LogP contribution in [0.15, 0.2) is 46.2 Å². The number of hydrogen-bond acceptors (Lipinski definition) is 7. The molecule has 0 bridgehead atoms. The van der Waals surface area contributed by atoms with Gasteiger partial charge in [0.15, 0.2) is 10.9 Å². The first-order valence-corrected chi connectivity index (χ1v) is 7.15. The van der Waals surface area contributed by atoms with E-state index in [1.807, 2.05) is 24.3 Å². The summed E-state index contributed by atoms with van der Waals surface area (Å²) in [6.45, 7) is 0. The fourth-order valence-corrected chi connectivity index (χ4v) is 2.58. The van der Waals surface area contributed by atoms with Crippen LogP contribution < -0.4 is 10.1 Å². The van der Waals surface area contributed by atoms with Gasteiger partial charge in [0.2, 0.25) is 0 Å². The Bertz CT molecular complexity index is 812. The van der Waals surface area contributed by atoms with Gasteiger partial charge in [-0.3, -0.25) is 10.1 Å². The molecule has 0 aliphatic heterocycles. The molecule has 1 N–H and O–H groups in total. The molecule has 2 aromatic heterocycles. The maximum absolute atomic E-state index is 10.6. The zero-order valence-electron chi connectivity index (χ0n) is 11.5. The highest BCUT2D eigenvalue weighted by Gasteiger charge is 2.15. The Balaban J connectivity index is 1.82. The zero-order chi connectivity index (χ0) is 15.5. The molecule has 0 fully saturated rings. The third-order valence-corrected chi connectivity index (χ3v) is 3.63. The van der Waals surface area contributed by atoms with Crippen LogP contribution in [0.25, 0.3) is 11.5 Å². The first-order valence-electron chi connectivity index (χ1n) is 6.27. The number of para-hydroxylation sites is 2. The fraction of sp³-hybridized carbons (Fsp3) is 0.0714. The lowest BCUT2D eigenvalue weighted by Crippen LogP contribution is -1.93. The van der Waals surface area contributed by atoms with Crippen molar-refractivity contribution in [3.8, 4) is 17.2 Å². The maximum Gasteiger partial charge on any atom is 0.433 e. The number of benzene rings is 1. The Labute approximate surface area is 129 Å². The van der Waals surface area contributed by atoms with Crippen LogP contribution in [-0.4, -0.2) is 17.0 Å². The van der Waals surface area contributed by atoms with Crippen LogP contribution in [0.2, 0.25) is 0 Å². The van der Waals surface area contributed by atoms with Gasteiger partial charge in [0.25, 0.3) is 0 Å². The zero-order valence-corrected chi connectivity index (χ0v) is 12.3. The molecule has 22 heavy (non-hydrogen) atoms. The molecular formula is C14H11N3O4S. The lowest BCUT2D eigenvalue weighted by Gasteiger charge is -2.07. The summed E-state index contributed by atoms with van der Waals surface area (Å²) in [5.41, 5.74) is 1.33. The van der Waals surface area contributed by atoms with Crippen molar-refractivity contribution >= 4 is 28.0 Å². The topological polar surface area (TPSA) is 90.4 Å². The van der Waals surface area contributed by atoms with Crippen LogP contribution in [0.1, 0.15) is 0 Å². The van der Waals surface area contributed by atoms with E-state index in [9.17, 15) is 10.1 Å². The van der Waals surface area contributed by atoms with Crippen LogP contribution >= 0.6 is 11.3 Å². The van der Waals surface area contributed by atoms with Crippen molar-refractivity contribution in [1.82, 2.24) is 4.98 Å². The Hall–Kier alpha value is -2.87. The molecule has 0 aliphatic carbocycles. The number of rotatable bonds is 5. The monoisotopic (exact) mass is 317 g/mol. The Morgan fingerprint density at radius 1 is 1.32 bits per heavy atom. The smallest absolute Gasteiger partial charge is 0.433 e. The number of hydrogen-bond donors (Lipinski definition) is 1. The summed E-state index contributed by atoms with van der Waals surface area (Å²) in [5, 5.41) is 16.2. The minimum atomic E-state index is -0.580. The van der Waals surface area contributed by atoms with E-state index in [4.69, 9.17) is 9.15 Å². The second-order valence-electron chi connectivity index (χ2n) is 4.26. The van der Waals surface area contributed by atoms with Gasteiger partial charge < -0.3 is 14.5 Å². The van der Waals surface area contributed by atoms with Crippen LogP contribution in [0.4, 0.5) is 16.7 Å². The summed E-state index contributed by atoms with van der Waals surface area (Å²) in [5.74, 6) is 0.756. The predicted molar refractivity (Wildman–Crippen MR) is 82.7 cm³/mol. The molecule has 3 aromatic rings. The van der Waals surface area contributed by atoms with Crippen LogP contribution in [0, 0.1) is 10.1 Å². The van der Waals surface area contributed by atoms with E-state index in [1.54, 1.807) is 12.5 Å². The average Bonchev–Trinajstić information content (AvgIpc) is 3.16. The number of methoxy groups -OCH3 is 1. The Morgan fingerprint density at radius 2 is 2.14 bits per heavy atom. The third-order valence-electron chi connectivity index (χ3n) is 2.88. The molecule has 2 heterocycles. The molecule has 0 saturated heterocycles. The Morgan fingerprint density at radius 3 is 2.86 bits per heavy atom. The maximum atomic E-state index is 10.6. The van der Waals surface area contributed by atoms with Crippen molar-refractivity contribution in [1.29, 1.82) is 0 Å². The van der Waals surface area contributed by atoms with Gasteiger partial charge in [0.05, 0.1) is 18.9 Å². The van der Waals surface area contributed by atoms with Gasteiger partial charge in [-0.15, -0.1) is 11.3 Å². The van der Waals surface area contributed by atoms with E-state index < -0.39 is 4.92 Å². The van der Waals surface area contributed by atoms with E-state index >= 15 is 0 Å². The van der Waals surface area contributed by atoms with E-state index in [-0.39, 0.29) is 5.88 Å². The second kappa shape index (κ2) is 5.86. The molecule has 0 atom stereocenters. The van der Waals surface area contributed by atoms with Crippen LogP contribution in [0.5, 0.6) is 5.75 Å². The average molecular weight is 317 g/mol. The lowest BCUT2D eigenvalue weighted by molar-refractivity contribution is -0.401. The number of nitrogens with zero attached hydrogens (tertiary/aromatic N) is 2. The summed E-state index contributed by atoms with van der Waals surface area (Å²) < 4.78 is 10.4. The predicted octanol–water partition coefficient (Wildman–Crippen LogP) is 4.06. The number of ether oxygens (including phenoxy) is 1. The van der Waals surface area contributed by atoms with Crippen molar-refractivity contribution in [3.05, 3.63) is 51.9 Å². The first kappa shape index (κ1) is 14.1. The highest BCUT2D eigenvalue weighted by Crippen LogP contribution is 2.32. The van der Waals surface area contributed by atoms with Gasteiger partial charge in [-0.2, -0.15) is 0 Å². The molecule has 0 spiro atoms. The minimum Gasteiger partial charge on any atom is -0.495 e. The molecule has 112 valence electrons. The van der Waals surface area contributed by atoms with E-state index in [0.29, 0.717) is 22.3 Å². The van der Waals surface area contributed by atoms with Crippen molar-refractivity contribution in [2.24, 2.45) is 0 Å². The number of nitro groups is 1. The van der Waals surface area contributed by atoms with E-state index in [1.165, 1.54) is 23.5 Å². The van der Waals surface area contributed by atoms with Gasteiger partial charge in [0, 0.05) is 5.38 Å². The van der Waals surface area contributed by atoms with Gasteiger partial charge >= 0.3 is 5.88 Å². The fourth-order valence-electron chi connectivity index (χ4n) is 1.87. The van der Waals surface area contributed by atoms with Gasteiger partial charge in [-0.1, -0.05) is 12.1 Å². The summed E-state index contributed by atoms with van der Waals surface area (Å²) in [7, 11) is 1.59. The summed E-state index contributed by atoms with van der Waals surface area (Å²) in [6, 6.07) is 10.3. The molecular weight excluding hydrogens is 306 g/mol. The van der Waals surface area contributed by atoms with Crippen molar-refractivity contribution in [3.63, 3.8) is 0 Å². The molecule has 0 saturated carbocycles. The molecule has 0 unspecified atom stereocenters. The highest BCUT2D eigenvalue weighted by molar-refractivity contribution is 7.14.